The lowest BCUT2D eigenvalue weighted by atomic mass is 9.89. The number of rotatable bonds is 4. The summed E-state index contributed by atoms with van der Waals surface area (Å²) in [6, 6.07) is -0.226. The van der Waals surface area contributed by atoms with Crippen molar-refractivity contribution in [3.8, 4) is 18.2 Å². The average Bonchev–Trinajstić information content (AvgIpc) is 3.17. The predicted molar refractivity (Wildman–Crippen MR) is 115 cm³/mol. The summed E-state index contributed by atoms with van der Waals surface area (Å²) in [5, 5.41) is 13.8. The van der Waals surface area contributed by atoms with E-state index in [1.807, 2.05) is 6.20 Å². The van der Waals surface area contributed by atoms with E-state index in [-0.39, 0.29) is 6.03 Å². The van der Waals surface area contributed by atoms with Crippen LogP contribution in [0.3, 0.4) is 0 Å². The fourth-order valence-electron chi connectivity index (χ4n) is 4.07. The molecule has 0 saturated carbocycles. The number of amides is 2. The van der Waals surface area contributed by atoms with Crippen molar-refractivity contribution in [2.45, 2.75) is 43.6 Å². The molecule has 0 radical (unpaired) electrons. The molecule has 8 nitrogen and oxygen atoms in total. The fraction of sp³-hybridized carbons (Fsp3) is 0.571. The van der Waals surface area contributed by atoms with Crippen LogP contribution in [0, 0.1) is 12.3 Å². The minimum absolute atomic E-state index is 0.226. The van der Waals surface area contributed by atoms with Crippen LogP contribution in [0.25, 0.3) is 10.2 Å². The van der Waals surface area contributed by atoms with Crippen molar-refractivity contribution in [2.75, 3.05) is 38.7 Å². The summed E-state index contributed by atoms with van der Waals surface area (Å²) < 4.78 is 11.9. The van der Waals surface area contributed by atoms with E-state index >= 15 is 0 Å². The first-order valence-electron chi connectivity index (χ1n) is 10.2. The standard InChI is InChI=1S/C21H26N4O4S/c1-3-6-21(27)7-9-25(10-8-21)20(26)24-19-23-16-17(30-19)15(13-22-18(16)28-2)14-4-11-29-12-5-14/h1,13-14,27H,4-12H2,2H3,(H,23,24,26). The third-order valence-electron chi connectivity index (χ3n) is 5.89. The molecule has 0 aliphatic carbocycles. The Bertz CT molecular complexity index is 956. The van der Waals surface area contributed by atoms with Crippen molar-refractivity contribution in [3.63, 3.8) is 0 Å². The maximum absolute atomic E-state index is 12.8. The van der Waals surface area contributed by atoms with E-state index < -0.39 is 5.60 Å². The molecule has 9 heteroatoms. The number of nitrogens with one attached hydrogen (secondary N) is 1. The van der Waals surface area contributed by atoms with E-state index in [9.17, 15) is 9.90 Å². The minimum atomic E-state index is -0.876. The number of hydrogen-bond acceptors (Lipinski definition) is 7. The first kappa shape index (κ1) is 20.8. The monoisotopic (exact) mass is 430 g/mol. The first-order chi connectivity index (χ1) is 14.5. The van der Waals surface area contributed by atoms with E-state index in [4.69, 9.17) is 15.9 Å². The molecule has 2 aliphatic heterocycles. The van der Waals surface area contributed by atoms with Gasteiger partial charge in [0.2, 0.25) is 5.88 Å². The molecular weight excluding hydrogens is 404 g/mol. The number of piperidine rings is 1. The van der Waals surface area contributed by atoms with Gasteiger partial charge in [0.05, 0.1) is 17.4 Å². The molecule has 0 spiro atoms. The van der Waals surface area contributed by atoms with E-state index in [1.165, 1.54) is 11.3 Å². The van der Waals surface area contributed by atoms with Crippen molar-refractivity contribution in [3.05, 3.63) is 11.8 Å². The van der Waals surface area contributed by atoms with Gasteiger partial charge in [0, 0.05) is 38.9 Å². The Morgan fingerprint density at radius 2 is 2.20 bits per heavy atom. The molecule has 2 aliphatic rings. The van der Waals surface area contributed by atoms with Gasteiger partial charge in [0.25, 0.3) is 0 Å². The first-order valence-corrected chi connectivity index (χ1v) is 11.0. The van der Waals surface area contributed by atoms with Gasteiger partial charge < -0.3 is 19.5 Å². The number of hydrogen-bond donors (Lipinski definition) is 2. The number of aromatic nitrogens is 2. The lowest BCUT2D eigenvalue weighted by Crippen LogP contribution is -2.47. The SMILES string of the molecule is C#CCC1(O)CCN(C(=O)Nc2nc3c(OC)ncc(C4CCOCC4)c3s2)CC1. The molecule has 0 atom stereocenters. The summed E-state index contributed by atoms with van der Waals surface area (Å²) in [5.41, 5.74) is 0.923. The van der Waals surface area contributed by atoms with Crippen molar-refractivity contribution >= 4 is 32.7 Å². The summed E-state index contributed by atoms with van der Waals surface area (Å²) in [7, 11) is 1.57. The number of ether oxygens (including phenoxy) is 2. The second-order valence-corrected chi connectivity index (χ2v) is 8.83. The summed E-state index contributed by atoms with van der Waals surface area (Å²) in [5.74, 6) is 3.33. The number of methoxy groups -OCH3 is 1. The lowest BCUT2D eigenvalue weighted by Gasteiger charge is -2.36. The number of fused-ring (bicyclic) bond motifs is 1. The summed E-state index contributed by atoms with van der Waals surface area (Å²) in [4.78, 5) is 23.5. The van der Waals surface area contributed by atoms with E-state index in [1.54, 1.807) is 12.0 Å². The van der Waals surface area contributed by atoms with Gasteiger partial charge in [-0.3, -0.25) is 5.32 Å². The molecule has 30 heavy (non-hydrogen) atoms. The molecule has 4 rings (SSSR count). The Labute approximate surface area is 179 Å². The van der Waals surface area contributed by atoms with Gasteiger partial charge >= 0.3 is 6.03 Å². The van der Waals surface area contributed by atoms with Crippen LogP contribution in [0.4, 0.5) is 9.93 Å². The molecule has 2 amide bonds. The predicted octanol–water partition coefficient (Wildman–Crippen LogP) is 2.98. The highest BCUT2D eigenvalue weighted by Crippen LogP contribution is 2.39. The van der Waals surface area contributed by atoms with Crippen LogP contribution in [0.15, 0.2) is 6.20 Å². The van der Waals surface area contributed by atoms with Crippen LogP contribution in [0.5, 0.6) is 5.88 Å². The Morgan fingerprint density at radius 1 is 1.47 bits per heavy atom. The molecule has 2 fully saturated rings. The van der Waals surface area contributed by atoms with Crippen LogP contribution < -0.4 is 10.1 Å². The normalized spacial score (nSPS) is 19.4. The molecule has 0 unspecified atom stereocenters. The average molecular weight is 431 g/mol. The molecule has 2 aromatic rings. The highest BCUT2D eigenvalue weighted by Gasteiger charge is 2.33. The molecule has 0 aromatic carbocycles. The number of carbonyl (C=O) groups excluding carboxylic acids is 1. The molecule has 2 N–H and O–H groups in total. The number of likely N-dealkylation sites (tertiary alicyclic amines) is 1. The number of urea groups is 1. The number of aliphatic hydroxyl groups is 1. The number of anilines is 1. The summed E-state index contributed by atoms with van der Waals surface area (Å²) in [6.45, 7) is 2.38. The van der Waals surface area contributed by atoms with E-state index in [2.05, 4.69) is 21.2 Å². The van der Waals surface area contributed by atoms with Crippen molar-refractivity contribution in [2.24, 2.45) is 0 Å². The van der Waals surface area contributed by atoms with Gasteiger partial charge in [-0.1, -0.05) is 11.3 Å². The van der Waals surface area contributed by atoms with Gasteiger partial charge in [-0.25, -0.2) is 14.8 Å². The Morgan fingerprint density at radius 3 is 2.87 bits per heavy atom. The lowest BCUT2D eigenvalue weighted by molar-refractivity contribution is -0.00643. The number of carbonyl (C=O) groups is 1. The third kappa shape index (κ3) is 4.21. The van der Waals surface area contributed by atoms with E-state index in [0.29, 0.717) is 54.8 Å². The van der Waals surface area contributed by atoms with Crippen LogP contribution in [-0.4, -0.2) is 65.0 Å². The highest BCUT2D eigenvalue weighted by atomic mass is 32.1. The smallest absolute Gasteiger partial charge is 0.323 e. The molecule has 2 aromatic heterocycles. The Hall–Kier alpha value is -2.41. The van der Waals surface area contributed by atoms with E-state index in [0.717, 1.165) is 36.3 Å². The fourth-order valence-corrected chi connectivity index (χ4v) is 5.11. The second kappa shape index (κ2) is 8.76. The number of thiazole rings is 1. The number of terminal acetylenes is 1. The topological polar surface area (TPSA) is 96.8 Å². The van der Waals surface area contributed by atoms with Gasteiger partial charge in [0.15, 0.2) is 5.13 Å². The Balaban J connectivity index is 1.52. The molecule has 2 saturated heterocycles. The molecule has 4 heterocycles. The Kier molecular flexibility index (Phi) is 6.09. The van der Waals surface area contributed by atoms with Gasteiger partial charge in [-0.15, -0.1) is 12.3 Å². The van der Waals surface area contributed by atoms with Crippen LogP contribution >= 0.6 is 11.3 Å². The molecular formula is C21H26N4O4S. The maximum Gasteiger partial charge on any atom is 0.323 e. The van der Waals surface area contributed by atoms with Crippen LogP contribution in [0.2, 0.25) is 0 Å². The van der Waals surface area contributed by atoms with Gasteiger partial charge in [-0.05, 0) is 37.2 Å². The number of pyridine rings is 1. The molecule has 0 bridgehead atoms. The van der Waals surface area contributed by atoms with Crippen LogP contribution in [-0.2, 0) is 4.74 Å². The van der Waals surface area contributed by atoms with Crippen LogP contribution in [0.1, 0.15) is 43.6 Å². The highest BCUT2D eigenvalue weighted by molar-refractivity contribution is 7.22. The van der Waals surface area contributed by atoms with Crippen molar-refractivity contribution in [1.82, 2.24) is 14.9 Å². The van der Waals surface area contributed by atoms with Crippen molar-refractivity contribution in [1.29, 1.82) is 0 Å². The second-order valence-electron chi connectivity index (χ2n) is 7.83. The van der Waals surface area contributed by atoms with Crippen molar-refractivity contribution < 1.29 is 19.4 Å². The van der Waals surface area contributed by atoms with Gasteiger partial charge in [-0.2, -0.15) is 0 Å². The quantitative estimate of drug-likeness (QED) is 0.724. The summed E-state index contributed by atoms with van der Waals surface area (Å²) >= 11 is 1.44. The third-order valence-corrected chi connectivity index (χ3v) is 6.91. The zero-order valence-corrected chi connectivity index (χ0v) is 17.8. The maximum atomic E-state index is 12.8. The molecule has 160 valence electrons. The zero-order valence-electron chi connectivity index (χ0n) is 17.0. The largest absolute Gasteiger partial charge is 0.479 e. The van der Waals surface area contributed by atoms with Gasteiger partial charge in [0.1, 0.15) is 5.52 Å². The number of nitrogens with zero attached hydrogens (tertiary/aromatic N) is 3. The zero-order chi connectivity index (χ0) is 21.1. The summed E-state index contributed by atoms with van der Waals surface area (Å²) in [6.07, 6.45) is 10.3. The minimum Gasteiger partial charge on any atom is -0.479 e.